The molecule has 2 aromatic carbocycles. The predicted octanol–water partition coefficient (Wildman–Crippen LogP) is 3.72. The minimum absolute atomic E-state index is 0.0834. The molecule has 0 spiro atoms. The largest absolute Gasteiger partial charge is 0.463 e. The summed E-state index contributed by atoms with van der Waals surface area (Å²) in [6.45, 7) is 4.93. The Morgan fingerprint density at radius 3 is 2.29 bits per heavy atom. The van der Waals surface area contributed by atoms with Crippen LogP contribution in [0.3, 0.4) is 0 Å². The Labute approximate surface area is 180 Å². The van der Waals surface area contributed by atoms with Crippen LogP contribution in [-0.4, -0.2) is 30.2 Å². The fraction of sp³-hybridized carbons (Fsp3) is 0.250. The third-order valence-corrected chi connectivity index (χ3v) is 5.09. The zero-order chi connectivity index (χ0) is 22.5. The first-order chi connectivity index (χ1) is 14.8. The Kier molecular flexibility index (Phi) is 6.65. The topological polar surface area (TPSA) is 92.8 Å². The van der Waals surface area contributed by atoms with Crippen molar-refractivity contribution in [1.82, 2.24) is 0 Å². The average Bonchev–Trinajstić information content (AvgIpc) is 2.74. The molecule has 2 aromatic rings. The van der Waals surface area contributed by atoms with E-state index in [9.17, 15) is 19.2 Å². The normalized spacial score (nSPS) is 16.2. The van der Waals surface area contributed by atoms with Gasteiger partial charge in [-0.25, -0.2) is 4.79 Å². The maximum absolute atomic E-state index is 13.0. The lowest BCUT2D eigenvalue weighted by atomic mass is 9.88. The lowest BCUT2D eigenvalue weighted by Crippen LogP contribution is -2.43. The second kappa shape index (κ2) is 9.38. The van der Waals surface area contributed by atoms with Crippen molar-refractivity contribution in [3.63, 3.8) is 0 Å². The number of rotatable bonds is 6. The standard InChI is InChI=1S/C24H24N2O5/c1-4-31-24(30)22-15(2)26(19-8-6-5-7-9-19)21(28)14-20(22)23(29)25-18-12-10-17(11-13-18)16(3)27/h5-13,20H,4,14H2,1-3H3,(H,25,29)/t20-/m0/s1. The maximum atomic E-state index is 13.0. The van der Waals surface area contributed by atoms with E-state index < -0.39 is 17.8 Å². The van der Waals surface area contributed by atoms with Gasteiger partial charge in [-0.1, -0.05) is 18.2 Å². The highest BCUT2D eigenvalue weighted by molar-refractivity contribution is 6.10. The molecule has 0 fully saturated rings. The highest BCUT2D eigenvalue weighted by Crippen LogP contribution is 2.34. The number of Topliss-reactive ketones (excluding diaryl/α,β-unsaturated/α-hetero) is 1. The summed E-state index contributed by atoms with van der Waals surface area (Å²) in [6, 6.07) is 15.4. The van der Waals surface area contributed by atoms with Crippen LogP contribution in [0.25, 0.3) is 0 Å². The van der Waals surface area contributed by atoms with Crippen LogP contribution in [0.2, 0.25) is 0 Å². The first kappa shape index (κ1) is 22.0. The zero-order valence-corrected chi connectivity index (χ0v) is 17.7. The second-order valence-corrected chi connectivity index (χ2v) is 7.16. The number of esters is 1. The van der Waals surface area contributed by atoms with Gasteiger partial charge in [-0.3, -0.25) is 19.3 Å². The lowest BCUT2D eigenvalue weighted by molar-refractivity contribution is -0.141. The van der Waals surface area contributed by atoms with E-state index in [1.807, 2.05) is 6.07 Å². The quantitative estimate of drug-likeness (QED) is 0.568. The Morgan fingerprint density at radius 2 is 1.71 bits per heavy atom. The molecule has 0 unspecified atom stereocenters. The molecule has 3 rings (SSSR count). The van der Waals surface area contributed by atoms with Crippen molar-refractivity contribution >= 4 is 34.9 Å². The number of hydrogen-bond acceptors (Lipinski definition) is 5. The number of carbonyl (C=O) groups is 4. The second-order valence-electron chi connectivity index (χ2n) is 7.16. The van der Waals surface area contributed by atoms with Crippen molar-refractivity contribution in [3.8, 4) is 0 Å². The van der Waals surface area contributed by atoms with Gasteiger partial charge in [-0.2, -0.15) is 0 Å². The average molecular weight is 420 g/mol. The Hall–Kier alpha value is -3.74. The van der Waals surface area contributed by atoms with E-state index in [4.69, 9.17) is 4.74 Å². The molecule has 1 atom stereocenters. The number of nitrogens with zero attached hydrogens (tertiary/aromatic N) is 1. The number of amides is 2. The number of ketones is 1. The fourth-order valence-electron chi connectivity index (χ4n) is 3.58. The summed E-state index contributed by atoms with van der Waals surface area (Å²) in [5.74, 6) is -2.47. The predicted molar refractivity (Wildman–Crippen MR) is 116 cm³/mol. The summed E-state index contributed by atoms with van der Waals surface area (Å²) in [7, 11) is 0. The Balaban J connectivity index is 1.95. The van der Waals surface area contributed by atoms with Crippen LogP contribution in [0, 0.1) is 5.92 Å². The molecule has 1 heterocycles. The van der Waals surface area contributed by atoms with Gasteiger partial charge in [0, 0.05) is 29.1 Å². The molecule has 7 nitrogen and oxygen atoms in total. The van der Waals surface area contributed by atoms with Crippen molar-refractivity contribution < 1.29 is 23.9 Å². The number of ether oxygens (including phenoxy) is 1. The third kappa shape index (κ3) is 4.71. The number of nitrogens with one attached hydrogen (secondary N) is 1. The molecule has 1 aliphatic rings. The molecular weight excluding hydrogens is 396 g/mol. The van der Waals surface area contributed by atoms with E-state index in [0.717, 1.165) is 0 Å². The molecule has 0 radical (unpaired) electrons. The number of para-hydroxylation sites is 1. The third-order valence-electron chi connectivity index (χ3n) is 5.09. The van der Waals surface area contributed by atoms with Crippen molar-refractivity contribution in [2.24, 2.45) is 5.92 Å². The van der Waals surface area contributed by atoms with Crippen LogP contribution in [0.5, 0.6) is 0 Å². The summed E-state index contributed by atoms with van der Waals surface area (Å²) >= 11 is 0. The molecule has 7 heteroatoms. The smallest absolute Gasteiger partial charge is 0.336 e. The Bertz CT molecular complexity index is 1040. The van der Waals surface area contributed by atoms with Crippen LogP contribution in [0.15, 0.2) is 65.9 Å². The van der Waals surface area contributed by atoms with Gasteiger partial charge in [-0.05, 0) is 57.2 Å². The summed E-state index contributed by atoms with van der Waals surface area (Å²) in [6.07, 6.45) is -0.169. The maximum Gasteiger partial charge on any atom is 0.336 e. The van der Waals surface area contributed by atoms with Gasteiger partial charge >= 0.3 is 5.97 Å². The molecule has 1 aliphatic heterocycles. The lowest BCUT2D eigenvalue weighted by Gasteiger charge is -2.33. The van der Waals surface area contributed by atoms with Gasteiger partial charge in [0.25, 0.3) is 0 Å². The number of allylic oxidation sites excluding steroid dienone is 1. The molecule has 160 valence electrons. The molecule has 1 N–H and O–H groups in total. The van der Waals surface area contributed by atoms with Gasteiger partial charge in [0.05, 0.1) is 18.1 Å². The Morgan fingerprint density at radius 1 is 1.06 bits per heavy atom. The van der Waals surface area contributed by atoms with Crippen LogP contribution in [0.1, 0.15) is 37.6 Å². The van der Waals surface area contributed by atoms with Crippen molar-refractivity contribution in [2.75, 3.05) is 16.8 Å². The van der Waals surface area contributed by atoms with E-state index in [-0.39, 0.29) is 30.3 Å². The van der Waals surface area contributed by atoms with Crippen molar-refractivity contribution in [2.45, 2.75) is 27.2 Å². The van der Waals surface area contributed by atoms with Gasteiger partial charge in [0.2, 0.25) is 11.8 Å². The molecule has 0 bridgehead atoms. The summed E-state index contributed by atoms with van der Waals surface area (Å²) in [5, 5.41) is 2.74. The van der Waals surface area contributed by atoms with Crippen molar-refractivity contribution in [1.29, 1.82) is 0 Å². The van der Waals surface area contributed by atoms with E-state index in [1.54, 1.807) is 62.4 Å². The summed E-state index contributed by atoms with van der Waals surface area (Å²) < 4.78 is 5.19. The zero-order valence-electron chi connectivity index (χ0n) is 17.7. The monoisotopic (exact) mass is 420 g/mol. The molecule has 0 aromatic heterocycles. The highest BCUT2D eigenvalue weighted by Gasteiger charge is 2.40. The molecule has 0 aliphatic carbocycles. The molecular formula is C24H24N2O5. The van der Waals surface area contributed by atoms with E-state index in [2.05, 4.69) is 5.32 Å². The molecule has 0 saturated heterocycles. The number of hydrogen-bond donors (Lipinski definition) is 1. The minimum Gasteiger partial charge on any atom is -0.463 e. The first-order valence-electron chi connectivity index (χ1n) is 10.0. The SMILES string of the molecule is CCOC(=O)C1=C(C)N(c2ccccc2)C(=O)C[C@@H]1C(=O)Nc1ccc(C(C)=O)cc1. The summed E-state index contributed by atoms with van der Waals surface area (Å²) in [5.41, 5.74) is 2.13. The van der Waals surface area contributed by atoms with E-state index >= 15 is 0 Å². The van der Waals surface area contributed by atoms with Gasteiger partial charge in [-0.15, -0.1) is 0 Å². The van der Waals surface area contributed by atoms with E-state index in [1.165, 1.54) is 11.8 Å². The molecule has 31 heavy (non-hydrogen) atoms. The fourth-order valence-corrected chi connectivity index (χ4v) is 3.58. The highest BCUT2D eigenvalue weighted by atomic mass is 16.5. The summed E-state index contributed by atoms with van der Waals surface area (Å²) in [4.78, 5) is 51.6. The van der Waals surface area contributed by atoms with Crippen LogP contribution >= 0.6 is 0 Å². The molecule has 0 saturated carbocycles. The number of benzene rings is 2. The van der Waals surface area contributed by atoms with Gasteiger partial charge in [0.1, 0.15) is 0 Å². The molecule has 2 amide bonds. The van der Waals surface area contributed by atoms with Crippen LogP contribution in [0.4, 0.5) is 11.4 Å². The van der Waals surface area contributed by atoms with Crippen LogP contribution in [-0.2, 0) is 19.1 Å². The minimum atomic E-state index is -0.987. The van der Waals surface area contributed by atoms with Crippen LogP contribution < -0.4 is 10.2 Å². The van der Waals surface area contributed by atoms with Gasteiger partial charge in [0.15, 0.2) is 5.78 Å². The van der Waals surface area contributed by atoms with Gasteiger partial charge < -0.3 is 10.1 Å². The first-order valence-corrected chi connectivity index (χ1v) is 10.0. The number of anilines is 2. The van der Waals surface area contributed by atoms with Crippen molar-refractivity contribution in [3.05, 3.63) is 71.4 Å². The van der Waals surface area contributed by atoms with E-state index in [0.29, 0.717) is 22.6 Å². The number of carbonyl (C=O) groups excluding carboxylic acids is 4.